The van der Waals surface area contributed by atoms with Crippen LogP contribution in [0.5, 0.6) is 0 Å². The van der Waals surface area contributed by atoms with E-state index in [1.165, 1.54) is 33.4 Å². The van der Waals surface area contributed by atoms with Crippen LogP contribution in [0.2, 0.25) is 0 Å². The van der Waals surface area contributed by atoms with Crippen LogP contribution in [0.1, 0.15) is 61.1 Å². The number of hydrogen-bond acceptors (Lipinski definition) is 0. The van der Waals surface area contributed by atoms with Gasteiger partial charge in [0.2, 0.25) is 0 Å². The maximum Gasteiger partial charge on any atom is -0.00258 e. The third-order valence-electron chi connectivity index (χ3n) is 6.28. The Morgan fingerprint density at radius 1 is 0.209 bits per heavy atom. The van der Waals surface area contributed by atoms with E-state index in [2.05, 4.69) is 182 Å². The standard InChI is InChI=1S/3C13H12.2C2H6/c3*1-3-7-12(8-4-1)11-13-9-5-2-6-10-13;2*1-2/h3*1-10H,11H2;2*1-2H3. The van der Waals surface area contributed by atoms with Crippen molar-refractivity contribution in [1.82, 2.24) is 0 Å². The molecule has 0 unspecified atom stereocenters. The molecule has 0 bridgehead atoms. The summed E-state index contributed by atoms with van der Waals surface area (Å²) in [6, 6.07) is 63.2. The number of hydrogen-bond donors (Lipinski definition) is 0. The second-order valence-electron chi connectivity index (χ2n) is 9.44. The Kier molecular flexibility index (Phi) is 18.4. The molecule has 0 saturated carbocycles. The van der Waals surface area contributed by atoms with Gasteiger partial charge in [0.1, 0.15) is 0 Å². The van der Waals surface area contributed by atoms with Crippen molar-refractivity contribution in [3.05, 3.63) is 215 Å². The molecule has 0 radical (unpaired) electrons. The minimum atomic E-state index is 1.03. The fourth-order valence-electron chi connectivity index (χ4n) is 4.28. The molecule has 0 aliphatic heterocycles. The Bertz CT molecular complexity index is 1120. The van der Waals surface area contributed by atoms with Gasteiger partial charge < -0.3 is 0 Å². The monoisotopic (exact) mass is 564 g/mol. The van der Waals surface area contributed by atoms with Crippen LogP contribution in [0.15, 0.2) is 182 Å². The zero-order chi connectivity index (χ0) is 30.8. The first-order valence-electron chi connectivity index (χ1n) is 15.6. The van der Waals surface area contributed by atoms with Crippen LogP contribution in [0.3, 0.4) is 0 Å². The highest BCUT2D eigenvalue weighted by molar-refractivity contribution is 5.27. The van der Waals surface area contributed by atoms with Crippen LogP contribution in [0, 0.1) is 0 Å². The Morgan fingerprint density at radius 3 is 0.442 bits per heavy atom. The van der Waals surface area contributed by atoms with E-state index < -0.39 is 0 Å². The van der Waals surface area contributed by atoms with Crippen molar-refractivity contribution in [1.29, 1.82) is 0 Å². The zero-order valence-electron chi connectivity index (χ0n) is 26.4. The van der Waals surface area contributed by atoms with Crippen molar-refractivity contribution < 1.29 is 0 Å². The molecule has 0 nitrogen and oxygen atoms in total. The summed E-state index contributed by atoms with van der Waals surface area (Å²) in [5.41, 5.74) is 8.22. The number of benzene rings is 6. The smallest absolute Gasteiger partial charge is 0.00258 e. The van der Waals surface area contributed by atoms with E-state index in [1.54, 1.807) is 0 Å². The molecule has 0 amide bonds. The lowest BCUT2D eigenvalue weighted by Crippen LogP contribution is -1.85. The summed E-state index contributed by atoms with van der Waals surface area (Å²) in [4.78, 5) is 0. The quantitative estimate of drug-likeness (QED) is 0.189. The van der Waals surface area contributed by atoms with Crippen LogP contribution in [-0.2, 0) is 19.3 Å². The van der Waals surface area contributed by atoms with Gasteiger partial charge in [0, 0.05) is 0 Å². The van der Waals surface area contributed by atoms with Gasteiger partial charge in [0.05, 0.1) is 0 Å². The Balaban J connectivity index is 0.000000212. The second kappa shape index (κ2) is 22.9. The van der Waals surface area contributed by atoms with E-state index in [-0.39, 0.29) is 0 Å². The average Bonchev–Trinajstić information content (AvgIpc) is 3.10. The predicted molar refractivity (Wildman–Crippen MR) is 190 cm³/mol. The first-order chi connectivity index (χ1) is 21.3. The molecule has 0 N–H and O–H groups in total. The highest BCUT2D eigenvalue weighted by Crippen LogP contribution is 2.10. The third-order valence-corrected chi connectivity index (χ3v) is 6.28. The fraction of sp³-hybridized carbons (Fsp3) is 0.163. The molecule has 0 atom stereocenters. The third kappa shape index (κ3) is 15.2. The van der Waals surface area contributed by atoms with Gasteiger partial charge in [0.15, 0.2) is 0 Å². The molecule has 6 rings (SSSR count). The predicted octanol–water partition coefficient (Wildman–Crippen LogP) is 11.9. The largest absolute Gasteiger partial charge is 0.0683 e. The summed E-state index contributed by atoms with van der Waals surface area (Å²) in [6.07, 6.45) is 3.09. The van der Waals surface area contributed by atoms with Crippen molar-refractivity contribution in [2.75, 3.05) is 0 Å². The molecule has 0 heteroatoms. The topological polar surface area (TPSA) is 0 Å². The van der Waals surface area contributed by atoms with Gasteiger partial charge in [-0.3, -0.25) is 0 Å². The van der Waals surface area contributed by atoms with Crippen molar-refractivity contribution in [2.45, 2.75) is 47.0 Å². The first-order valence-corrected chi connectivity index (χ1v) is 15.6. The molecule has 0 aliphatic rings. The van der Waals surface area contributed by atoms with Crippen LogP contribution in [0.25, 0.3) is 0 Å². The first kappa shape index (κ1) is 34.5. The van der Waals surface area contributed by atoms with E-state index in [0.29, 0.717) is 0 Å². The normalized spacial score (nSPS) is 9.21. The highest BCUT2D eigenvalue weighted by atomic mass is 14.0. The summed E-state index contributed by atoms with van der Waals surface area (Å²) in [5, 5.41) is 0. The molecule has 0 fully saturated rings. The lowest BCUT2D eigenvalue weighted by Gasteiger charge is -2.00. The Hall–Kier alpha value is -4.68. The van der Waals surface area contributed by atoms with Crippen LogP contribution in [-0.4, -0.2) is 0 Å². The lowest BCUT2D eigenvalue weighted by atomic mass is 10.1. The maximum atomic E-state index is 2.16. The van der Waals surface area contributed by atoms with E-state index in [4.69, 9.17) is 0 Å². The Labute approximate surface area is 261 Å². The van der Waals surface area contributed by atoms with Gasteiger partial charge in [0.25, 0.3) is 0 Å². The van der Waals surface area contributed by atoms with Gasteiger partial charge in [-0.15, -0.1) is 0 Å². The minimum absolute atomic E-state index is 1.03. The van der Waals surface area contributed by atoms with E-state index >= 15 is 0 Å². The van der Waals surface area contributed by atoms with Gasteiger partial charge in [-0.25, -0.2) is 0 Å². The highest BCUT2D eigenvalue weighted by Gasteiger charge is 1.94. The molecule has 6 aromatic carbocycles. The maximum absolute atomic E-state index is 2.16. The van der Waals surface area contributed by atoms with Gasteiger partial charge >= 0.3 is 0 Å². The van der Waals surface area contributed by atoms with Crippen molar-refractivity contribution >= 4 is 0 Å². The molecule has 0 aromatic heterocycles. The van der Waals surface area contributed by atoms with Gasteiger partial charge in [-0.2, -0.15) is 0 Å². The summed E-state index contributed by atoms with van der Waals surface area (Å²) in [6.45, 7) is 8.00. The SMILES string of the molecule is CC.CC.c1ccc(Cc2ccccc2)cc1.c1ccc(Cc2ccccc2)cc1.c1ccc(Cc2ccccc2)cc1. The summed E-state index contributed by atoms with van der Waals surface area (Å²) >= 11 is 0. The summed E-state index contributed by atoms with van der Waals surface area (Å²) in [5.74, 6) is 0. The van der Waals surface area contributed by atoms with Crippen LogP contribution in [0.4, 0.5) is 0 Å². The molecule has 6 aromatic rings. The van der Waals surface area contributed by atoms with Gasteiger partial charge in [-0.05, 0) is 52.6 Å². The van der Waals surface area contributed by atoms with Crippen molar-refractivity contribution in [3.63, 3.8) is 0 Å². The van der Waals surface area contributed by atoms with E-state index in [1.807, 2.05) is 27.7 Å². The van der Waals surface area contributed by atoms with Crippen molar-refractivity contribution in [3.8, 4) is 0 Å². The minimum Gasteiger partial charge on any atom is -0.0683 e. The second-order valence-corrected chi connectivity index (χ2v) is 9.44. The molecule has 43 heavy (non-hydrogen) atoms. The van der Waals surface area contributed by atoms with Crippen LogP contribution < -0.4 is 0 Å². The number of rotatable bonds is 6. The lowest BCUT2D eigenvalue weighted by molar-refractivity contribution is 1.19. The zero-order valence-corrected chi connectivity index (χ0v) is 26.4. The summed E-state index contributed by atoms with van der Waals surface area (Å²) in [7, 11) is 0. The fourth-order valence-corrected chi connectivity index (χ4v) is 4.28. The summed E-state index contributed by atoms with van der Waals surface area (Å²) < 4.78 is 0. The van der Waals surface area contributed by atoms with Crippen LogP contribution >= 0.6 is 0 Å². The van der Waals surface area contributed by atoms with E-state index in [9.17, 15) is 0 Å². The molecule has 0 spiro atoms. The average molecular weight is 565 g/mol. The Morgan fingerprint density at radius 2 is 0.326 bits per heavy atom. The molecular formula is C43H48. The van der Waals surface area contributed by atoms with E-state index in [0.717, 1.165) is 19.3 Å². The molecule has 0 heterocycles. The van der Waals surface area contributed by atoms with Crippen molar-refractivity contribution in [2.24, 2.45) is 0 Å². The molecule has 0 saturated heterocycles. The molecular weight excluding hydrogens is 516 g/mol. The molecule has 220 valence electrons. The van der Waals surface area contributed by atoms with Gasteiger partial charge in [-0.1, -0.05) is 210 Å². The molecule has 0 aliphatic carbocycles.